The van der Waals surface area contributed by atoms with Crippen molar-refractivity contribution in [3.05, 3.63) is 36.0 Å². The molecule has 2 aromatic rings. The van der Waals surface area contributed by atoms with Gasteiger partial charge in [-0.3, -0.25) is 4.57 Å². The summed E-state index contributed by atoms with van der Waals surface area (Å²) in [5.41, 5.74) is 2.35. The van der Waals surface area contributed by atoms with Gasteiger partial charge in [0.05, 0.1) is 16.9 Å². The van der Waals surface area contributed by atoms with Crippen molar-refractivity contribution in [1.29, 1.82) is 0 Å². The van der Waals surface area contributed by atoms with Crippen LogP contribution in [0.25, 0.3) is 5.82 Å². The van der Waals surface area contributed by atoms with E-state index in [1.807, 2.05) is 30.0 Å². The Bertz CT molecular complexity index is 693. The van der Waals surface area contributed by atoms with Crippen LogP contribution in [-0.2, 0) is 9.31 Å². The molecule has 1 saturated heterocycles. The van der Waals surface area contributed by atoms with Crippen LogP contribution in [0, 0.1) is 13.8 Å². The second-order valence-electron chi connectivity index (χ2n) is 6.91. The molecule has 5 nitrogen and oxygen atoms in total. The van der Waals surface area contributed by atoms with Crippen LogP contribution in [0.1, 0.15) is 39.0 Å². The van der Waals surface area contributed by atoms with Gasteiger partial charge < -0.3 is 9.31 Å². The Morgan fingerprint density at radius 2 is 1.68 bits per heavy atom. The van der Waals surface area contributed by atoms with Crippen LogP contribution in [0.2, 0.25) is 0 Å². The van der Waals surface area contributed by atoms with Crippen molar-refractivity contribution in [2.75, 3.05) is 0 Å². The Balaban J connectivity index is 1.91. The van der Waals surface area contributed by atoms with Gasteiger partial charge in [0, 0.05) is 17.9 Å². The van der Waals surface area contributed by atoms with Gasteiger partial charge in [0.2, 0.25) is 0 Å². The lowest BCUT2D eigenvalue weighted by atomic mass is 9.77. The topological polar surface area (TPSA) is 49.2 Å². The van der Waals surface area contributed by atoms with Gasteiger partial charge in [0.15, 0.2) is 0 Å². The van der Waals surface area contributed by atoms with Crippen molar-refractivity contribution in [3.8, 4) is 5.82 Å². The Hall–Kier alpha value is -1.66. The Labute approximate surface area is 131 Å². The summed E-state index contributed by atoms with van der Waals surface area (Å²) in [4.78, 5) is 8.76. The van der Waals surface area contributed by atoms with Crippen molar-refractivity contribution in [3.63, 3.8) is 0 Å². The highest BCUT2D eigenvalue weighted by Crippen LogP contribution is 2.36. The third-order valence-electron chi connectivity index (χ3n) is 4.62. The minimum Gasteiger partial charge on any atom is -0.399 e. The number of aryl methyl sites for hydroxylation is 2. The van der Waals surface area contributed by atoms with Gasteiger partial charge in [0.25, 0.3) is 0 Å². The minimum absolute atomic E-state index is 0.343. The summed E-state index contributed by atoms with van der Waals surface area (Å²) in [7, 11) is -0.379. The maximum atomic E-state index is 6.10. The van der Waals surface area contributed by atoms with Gasteiger partial charge in [-0.25, -0.2) is 9.97 Å². The molecule has 3 rings (SSSR count). The summed E-state index contributed by atoms with van der Waals surface area (Å²) >= 11 is 0. The monoisotopic (exact) mass is 299 g/mol. The predicted octanol–water partition coefficient (Wildman–Crippen LogP) is 2.18. The zero-order chi connectivity index (χ0) is 16.1. The number of hydrogen-bond acceptors (Lipinski definition) is 4. The molecular formula is C16H22BN3O2. The standard InChI is InChI=1S/C16H22BN3O2/c1-11-7-14(20-9-12(2)19-10-20)18-8-13(11)17-21-15(3,4)16(5,6)22-17/h7-10H,1-6H3. The number of pyridine rings is 1. The SMILES string of the molecule is Cc1cn(-c2cc(C)c(B3OC(C)(C)C(C)(C)O3)cn2)cn1. The first kappa shape index (κ1) is 15.2. The van der Waals surface area contributed by atoms with Gasteiger partial charge in [-0.05, 0) is 53.2 Å². The molecule has 0 bridgehead atoms. The number of aromatic nitrogens is 3. The van der Waals surface area contributed by atoms with E-state index in [0.29, 0.717) is 0 Å². The molecule has 0 radical (unpaired) electrons. The van der Waals surface area contributed by atoms with Gasteiger partial charge in [0.1, 0.15) is 12.1 Å². The lowest BCUT2D eigenvalue weighted by Crippen LogP contribution is -2.41. The fourth-order valence-electron chi connectivity index (χ4n) is 2.46. The molecule has 0 amide bonds. The zero-order valence-electron chi connectivity index (χ0n) is 14.0. The van der Waals surface area contributed by atoms with E-state index in [-0.39, 0.29) is 18.3 Å². The molecule has 0 saturated carbocycles. The molecule has 2 aromatic heterocycles. The van der Waals surface area contributed by atoms with Gasteiger partial charge in [-0.15, -0.1) is 0 Å². The summed E-state index contributed by atoms with van der Waals surface area (Å²) < 4.78 is 14.1. The van der Waals surface area contributed by atoms with Crippen LogP contribution >= 0.6 is 0 Å². The summed E-state index contributed by atoms with van der Waals surface area (Å²) in [5, 5.41) is 0. The summed E-state index contributed by atoms with van der Waals surface area (Å²) in [6.45, 7) is 12.2. The number of hydrogen-bond donors (Lipinski definition) is 0. The van der Waals surface area contributed by atoms with Crippen LogP contribution in [0.3, 0.4) is 0 Å². The van der Waals surface area contributed by atoms with Crippen LogP contribution < -0.4 is 5.46 Å². The van der Waals surface area contributed by atoms with Crippen molar-refractivity contribution in [2.45, 2.75) is 52.7 Å². The first-order chi connectivity index (χ1) is 10.2. The summed E-state index contributed by atoms with van der Waals surface area (Å²) in [6.07, 6.45) is 5.56. The molecule has 3 heterocycles. The molecule has 0 aromatic carbocycles. The summed E-state index contributed by atoms with van der Waals surface area (Å²) in [5.74, 6) is 0.846. The Morgan fingerprint density at radius 1 is 1.05 bits per heavy atom. The molecule has 116 valence electrons. The largest absolute Gasteiger partial charge is 0.496 e. The van der Waals surface area contributed by atoms with Crippen LogP contribution in [0.5, 0.6) is 0 Å². The fraction of sp³-hybridized carbons (Fsp3) is 0.500. The lowest BCUT2D eigenvalue weighted by molar-refractivity contribution is 0.00578. The molecule has 1 aliphatic rings. The van der Waals surface area contributed by atoms with E-state index >= 15 is 0 Å². The molecule has 1 fully saturated rings. The first-order valence-electron chi connectivity index (χ1n) is 7.53. The second kappa shape index (κ2) is 4.93. The van der Waals surface area contributed by atoms with Crippen molar-refractivity contribution >= 4 is 12.6 Å². The molecule has 0 spiro atoms. The second-order valence-corrected chi connectivity index (χ2v) is 6.91. The van der Waals surface area contributed by atoms with E-state index in [2.05, 4.69) is 44.6 Å². The van der Waals surface area contributed by atoms with Gasteiger partial charge in [-0.1, -0.05) is 0 Å². The average Bonchev–Trinajstić information content (AvgIpc) is 2.91. The van der Waals surface area contributed by atoms with E-state index in [9.17, 15) is 0 Å². The molecule has 22 heavy (non-hydrogen) atoms. The number of nitrogens with zero attached hydrogens (tertiary/aromatic N) is 3. The highest BCUT2D eigenvalue weighted by molar-refractivity contribution is 6.62. The van der Waals surface area contributed by atoms with Crippen LogP contribution in [0.4, 0.5) is 0 Å². The Morgan fingerprint density at radius 3 is 2.18 bits per heavy atom. The van der Waals surface area contributed by atoms with E-state index in [0.717, 1.165) is 22.5 Å². The molecule has 1 aliphatic heterocycles. The zero-order valence-corrected chi connectivity index (χ0v) is 14.0. The van der Waals surface area contributed by atoms with E-state index in [4.69, 9.17) is 9.31 Å². The third-order valence-corrected chi connectivity index (χ3v) is 4.62. The minimum atomic E-state index is -0.379. The third kappa shape index (κ3) is 2.46. The smallest absolute Gasteiger partial charge is 0.399 e. The fourth-order valence-corrected chi connectivity index (χ4v) is 2.46. The van der Waals surface area contributed by atoms with Crippen LogP contribution in [-0.4, -0.2) is 32.9 Å². The lowest BCUT2D eigenvalue weighted by Gasteiger charge is -2.32. The number of rotatable bonds is 2. The Kier molecular flexibility index (Phi) is 3.42. The highest BCUT2D eigenvalue weighted by atomic mass is 16.7. The molecule has 0 atom stereocenters. The molecule has 0 unspecified atom stereocenters. The molecule has 0 aliphatic carbocycles. The van der Waals surface area contributed by atoms with Gasteiger partial charge in [-0.2, -0.15) is 0 Å². The molecule has 0 N–H and O–H groups in total. The summed E-state index contributed by atoms with van der Waals surface area (Å²) in [6, 6.07) is 2.03. The average molecular weight is 299 g/mol. The molecule has 6 heteroatoms. The van der Waals surface area contributed by atoms with Crippen molar-refractivity contribution in [2.24, 2.45) is 0 Å². The van der Waals surface area contributed by atoms with E-state index < -0.39 is 0 Å². The van der Waals surface area contributed by atoms with Gasteiger partial charge >= 0.3 is 7.12 Å². The quantitative estimate of drug-likeness (QED) is 0.798. The van der Waals surface area contributed by atoms with Crippen molar-refractivity contribution < 1.29 is 9.31 Å². The highest BCUT2D eigenvalue weighted by Gasteiger charge is 2.52. The maximum Gasteiger partial charge on any atom is 0.496 e. The number of imidazole rings is 1. The predicted molar refractivity (Wildman–Crippen MR) is 86.5 cm³/mol. The van der Waals surface area contributed by atoms with E-state index in [1.165, 1.54) is 0 Å². The van der Waals surface area contributed by atoms with E-state index in [1.54, 1.807) is 6.33 Å². The van der Waals surface area contributed by atoms with Crippen molar-refractivity contribution in [1.82, 2.24) is 14.5 Å². The first-order valence-corrected chi connectivity index (χ1v) is 7.53. The molecular weight excluding hydrogens is 277 g/mol. The normalized spacial score (nSPS) is 19.6. The van der Waals surface area contributed by atoms with Crippen LogP contribution in [0.15, 0.2) is 24.8 Å². The maximum absolute atomic E-state index is 6.10.